The maximum Gasteiger partial charge on any atom is 0.251 e. The van der Waals surface area contributed by atoms with Crippen LogP contribution in [0.1, 0.15) is 28.4 Å². The molecule has 0 aliphatic rings. The van der Waals surface area contributed by atoms with Gasteiger partial charge in [-0.3, -0.25) is 14.3 Å². The SMILES string of the molecule is C[C@@H](O)[C@H](NC(=O)c1ccc(C#Cc2ccc(NS(C)(=O)=O)cc2)cc1)C(=O)CO. The molecular weight excluding hydrogens is 408 g/mol. The van der Waals surface area contributed by atoms with E-state index in [1.54, 1.807) is 36.4 Å². The highest BCUT2D eigenvalue weighted by Crippen LogP contribution is 2.11. The summed E-state index contributed by atoms with van der Waals surface area (Å²) >= 11 is 0. The molecule has 0 saturated carbocycles. The summed E-state index contributed by atoms with van der Waals surface area (Å²) in [6.45, 7) is 0.566. The summed E-state index contributed by atoms with van der Waals surface area (Å²) in [4.78, 5) is 23.9. The summed E-state index contributed by atoms with van der Waals surface area (Å²) in [6, 6.07) is 11.7. The van der Waals surface area contributed by atoms with Gasteiger partial charge in [0.05, 0.1) is 12.4 Å². The minimum atomic E-state index is -3.34. The fraction of sp³-hybridized carbons (Fsp3) is 0.238. The van der Waals surface area contributed by atoms with Crippen LogP contribution < -0.4 is 10.0 Å². The van der Waals surface area contributed by atoms with Crippen molar-refractivity contribution < 1.29 is 28.2 Å². The van der Waals surface area contributed by atoms with Gasteiger partial charge in [0.25, 0.3) is 5.91 Å². The van der Waals surface area contributed by atoms with Crippen molar-refractivity contribution in [2.45, 2.75) is 19.1 Å². The third-order valence-electron chi connectivity index (χ3n) is 3.96. The van der Waals surface area contributed by atoms with E-state index in [0.29, 0.717) is 16.8 Å². The van der Waals surface area contributed by atoms with Crippen molar-refractivity contribution in [2.24, 2.45) is 0 Å². The highest BCUT2D eigenvalue weighted by atomic mass is 32.2. The van der Waals surface area contributed by atoms with E-state index in [0.717, 1.165) is 6.26 Å². The number of nitrogens with one attached hydrogen (secondary N) is 2. The van der Waals surface area contributed by atoms with Gasteiger partial charge in [0.1, 0.15) is 12.6 Å². The Kier molecular flexibility index (Phi) is 7.72. The van der Waals surface area contributed by atoms with Crippen LogP contribution in [0.25, 0.3) is 0 Å². The second-order valence-electron chi connectivity index (χ2n) is 6.60. The van der Waals surface area contributed by atoms with Gasteiger partial charge in [0.2, 0.25) is 10.0 Å². The quantitative estimate of drug-likeness (QED) is 0.473. The van der Waals surface area contributed by atoms with Crippen LogP contribution >= 0.6 is 0 Å². The number of carbonyl (C=O) groups is 2. The maximum atomic E-state index is 12.3. The van der Waals surface area contributed by atoms with Crippen molar-refractivity contribution in [3.8, 4) is 11.8 Å². The van der Waals surface area contributed by atoms with Crippen LogP contribution in [0.2, 0.25) is 0 Å². The fourth-order valence-electron chi connectivity index (χ4n) is 2.48. The van der Waals surface area contributed by atoms with Gasteiger partial charge in [-0.2, -0.15) is 0 Å². The van der Waals surface area contributed by atoms with Crippen molar-refractivity contribution in [3.05, 3.63) is 65.2 Å². The second-order valence-corrected chi connectivity index (χ2v) is 8.34. The number of anilines is 1. The standard InChI is InChI=1S/C21H22N2O6S/c1-14(25)20(19(26)13-24)22-21(27)17-9-5-15(6-10-17)3-4-16-7-11-18(12-8-16)23-30(2,28)29/h5-12,14,20,23-25H,13H2,1-2H3,(H,22,27)/t14-,20+/m1/s1. The van der Waals surface area contributed by atoms with Gasteiger partial charge in [0, 0.05) is 22.4 Å². The zero-order chi connectivity index (χ0) is 22.3. The van der Waals surface area contributed by atoms with Gasteiger partial charge in [-0.05, 0) is 55.5 Å². The van der Waals surface area contributed by atoms with E-state index in [4.69, 9.17) is 5.11 Å². The zero-order valence-corrected chi connectivity index (χ0v) is 17.2. The molecular formula is C21H22N2O6S. The topological polar surface area (TPSA) is 133 Å². The van der Waals surface area contributed by atoms with Gasteiger partial charge in [-0.1, -0.05) is 11.8 Å². The predicted octanol–water partition coefficient (Wildman–Crippen LogP) is 0.498. The number of aliphatic hydroxyl groups is 2. The molecule has 0 heterocycles. The summed E-state index contributed by atoms with van der Waals surface area (Å²) in [6.07, 6.45) is -0.0718. The molecule has 0 aliphatic heterocycles. The van der Waals surface area contributed by atoms with Crippen molar-refractivity contribution in [3.63, 3.8) is 0 Å². The second kappa shape index (κ2) is 10.0. The molecule has 0 fully saturated rings. The average molecular weight is 430 g/mol. The summed E-state index contributed by atoms with van der Waals surface area (Å²) in [5.41, 5.74) is 2.03. The Morgan fingerprint density at radius 1 is 1.00 bits per heavy atom. The Labute approximate surface area is 175 Å². The molecule has 2 atom stereocenters. The van der Waals surface area contributed by atoms with Gasteiger partial charge in [-0.15, -0.1) is 0 Å². The molecule has 9 heteroatoms. The first-order valence-corrected chi connectivity index (χ1v) is 10.8. The molecule has 0 radical (unpaired) electrons. The molecule has 2 aromatic rings. The number of rotatable bonds is 7. The lowest BCUT2D eigenvalue weighted by molar-refractivity contribution is -0.125. The van der Waals surface area contributed by atoms with E-state index in [9.17, 15) is 23.1 Å². The van der Waals surface area contributed by atoms with Gasteiger partial charge in [-0.25, -0.2) is 8.42 Å². The first-order valence-electron chi connectivity index (χ1n) is 8.91. The van der Waals surface area contributed by atoms with Crippen molar-refractivity contribution >= 4 is 27.4 Å². The molecule has 1 amide bonds. The molecule has 0 spiro atoms. The monoisotopic (exact) mass is 430 g/mol. The van der Waals surface area contributed by atoms with Crippen LogP contribution in [-0.4, -0.2) is 55.3 Å². The number of amides is 1. The van der Waals surface area contributed by atoms with Crippen LogP contribution in [0.4, 0.5) is 5.69 Å². The van der Waals surface area contributed by atoms with Gasteiger partial charge in [0.15, 0.2) is 5.78 Å². The highest BCUT2D eigenvalue weighted by Gasteiger charge is 2.25. The highest BCUT2D eigenvalue weighted by molar-refractivity contribution is 7.92. The number of Topliss-reactive ketones (excluding diaryl/α,β-unsaturated/α-hetero) is 1. The normalized spacial score (nSPS) is 12.8. The zero-order valence-electron chi connectivity index (χ0n) is 16.4. The maximum absolute atomic E-state index is 12.3. The van der Waals surface area contributed by atoms with Crippen molar-refractivity contribution in [1.29, 1.82) is 0 Å². The lowest BCUT2D eigenvalue weighted by Gasteiger charge is -2.19. The third-order valence-corrected chi connectivity index (χ3v) is 4.56. The predicted molar refractivity (Wildman–Crippen MR) is 112 cm³/mol. The van der Waals surface area contributed by atoms with Crippen LogP contribution in [-0.2, 0) is 14.8 Å². The minimum absolute atomic E-state index is 0.271. The van der Waals surface area contributed by atoms with Crippen molar-refractivity contribution in [2.75, 3.05) is 17.6 Å². The van der Waals surface area contributed by atoms with Crippen LogP contribution in [0, 0.1) is 11.8 Å². The molecule has 8 nitrogen and oxygen atoms in total. The van der Waals surface area contributed by atoms with Crippen LogP contribution in [0.3, 0.4) is 0 Å². The number of carbonyl (C=O) groups excluding carboxylic acids is 2. The van der Waals surface area contributed by atoms with E-state index in [1.165, 1.54) is 19.1 Å². The Bertz CT molecular complexity index is 1070. The van der Waals surface area contributed by atoms with Gasteiger partial charge < -0.3 is 15.5 Å². The Balaban J connectivity index is 2.06. The summed E-state index contributed by atoms with van der Waals surface area (Å²) in [7, 11) is -3.34. The molecule has 0 unspecified atom stereocenters. The largest absolute Gasteiger partial charge is 0.391 e. The molecule has 4 N–H and O–H groups in total. The number of aliphatic hydroxyl groups excluding tert-OH is 2. The van der Waals surface area contributed by atoms with E-state index < -0.39 is 40.5 Å². The van der Waals surface area contributed by atoms with Crippen molar-refractivity contribution in [1.82, 2.24) is 5.32 Å². The lowest BCUT2D eigenvalue weighted by Crippen LogP contribution is -2.48. The number of hydrogen-bond acceptors (Lipinski definition) is 6. The lowest BCUT2D eigenvalue weighted by atomic mass is 10.1. The summed E-state index contributed by atoms with van der Waals surface area (Å²) in [5, 5.41) is 20.9. The Morgan fingerprint density at radius 2 is 1.50 bits per heavy atom. The number of ketones is 1. The van der Waals surface area contributed by atoms with E-state index in [-0.39, 0.29) is 5.56 Å². The smallest absolute Gasteiger partial charge is 0.251 e. The van der Waals surface area contributed by atoms with E-state index in [2.05, 4.69) is 21.9 Å². The Hall–Kier alpha value is -3.19. The van der Waals surface area contributed by atoms with E-state index in [1.807, 2.05) is 0 Å². The average Bonchev–Trinajstić information content (AvgIpc) is 2.69. The summed E-state index contributed by atoms with van der Waals surface area (Å²) in [5.74, 6) is 4.63. The molecule has 30 heavy (non-hydrogen) atoms. The summed E-state index contributed by atoms with van der Waals surface area (Å²) < 4.78 is 24.8. The van der Waals surface area contributed by atoms with Crippen LogP contribution in [0.15, 0.2) is 48.5 Å². The number of benzene rings is 2. The Morgan fingerprint density at radius 3 is 1.93 bits per heavy atom. The molecule has 0 aliphatic carbocycles. The minimum Gasteiger partial charge on any atom is -0.391 e. The molecule has 0 saturated heterocycles. The van der Waals surface area contributed by atoms with Crippen LogP contribution in [0.5, 0.6) is 0 Å². The fourth-order valence-corrected chi connectivity index (χ4v) is 3.04. The molecule has 2 aromatic carbocycles. The van der Waals surface area contributed by atoms with E-state index >= 15 is 0 Å². The molecule has 158 valence electrons. The number of hydrogen-bond donors (Lipinski definition) is 4. The third kappa shape index (κ3) is 7.00. The molecule has 0 aromatic heterocycles. The first kappa shape index (κ1) is 23.1. The number of sulfonamides is 1. The molecule has 2 rings (SSSR count). The molecule has 0 bridgehead atoms. The van der Waals surface area contributed by atoms with Gasteiger partial charge >= 0.3 is 0 Å². The first-order chi connectivity index (χ1) is 14.1.